The summed E-state index contributed by atoms with van der Waals surface area (Å²) in [4.78, 5) is 25.0. The highest BCUT2D eigenvalue weighted by atomic mass is 35.5. The number of hydrogen-bond acceptors (Lipinski definition) is 4. The van der Waals surface area contributed by atoms with Crippen molar-refractivity contribution >= 4 is 58.0 Å². The van der Waals surface area contributed by atoms with Crippen LogP contribution in [0.4, 0.5) is 11.4 Å². The summed E-state index contributed by atoms with van der Waals surface area (Å²) in [5, 5.41) is 25.2. The Morgan fingerprint density at radius 3 is 1.62 bits per heavy atom. The zero-order chi connectivity index (χ0) is 21.1. The van der Waals surface area contributed by atoms with Crippen LogP contribution in [0.1, 0.15) is 20.7 Å². The topological polar surface area (TPSA) is 98.7 Å². The fourth-order valence-corrected chi connectivity index (χ4v) is 2.83. The Morgan fingerprint density at radius 2 is 1.14 bits per heavy atom. The van der Waals surface area contributed by atoms with Gasteiger partial charge in [-0.05, 0) is 54.6 Å². The number of halogens is 3. The first-order valence-electron chi connectivity index (χ1n) is 8.14. The van der Waals surface area contributed by atoms with Crippen LogP contribution >= 0.6 is 34.8 Å². The number of phenolic OH excluding ortho intramolecular Hbond substituents is 2. The molecule has 0 heterocycles. The molecule has 0 radical (unpaired) electrons. The molecule has 3 rings (SSSR count). The second-order valence-electron chi connectivity index (χ2n) is 5.93. The smallest absolute Gasteiger partial charge is 0.255 e. The number of benzene rings is 3. The number of rotatable bonds is 4. The van der Waals surface area contributed by atoms with Gasteiger partial charge in [0.05, 0.1) is 21.4 Å². The van der Waals surface area contributed by atoms with E-state index >= 15 is 0 Å². The van der Waals surface area contributed by atoms with E-state index in [1.165, 1.54) is 48.5 Å². The predicted octanol–water partition coefficient (Wildman–Crippen LogP) is 5.56. The molecule has 0 bridgehead atoms. The quantitative estimate of drug-likeness (QED) is 0.417. The summed E-state index contributed by atoms with van der Waals surface area (Å²) >= 11 is 17.5. The molecule has 3 aromatic carbocycles. The zero-order valence-electron chi connectivity index (χ0n) is 14.5. The first-order valence-corrected chi connectivity index (χ1v) is 9.27. The molecule has 0 atom stereocenters. The third-order valence-corrected chi connectivity index (χ3v) is 4.77. The van der Waals surface area contributed by atoms with Gasteiger partial charge in [0.1, 0.15) is 11.5 Å². The molecule has 0 aliphatic heterocycles. The van der Waals surface area contributed by atoms with E-state index in [4.69, 9.17) is 34.8 Å². The van der Waals surface area contributed by atoms with Crippen LogP contribution in [0.2, 0.25) is 15.1 Å². The molecule has 29 heavy (non-hydrogen) atoms. The molecule has 148 valence electrons. The van der Waals surface area contributed by atoms with Crippen molar-refractivity contribution in [3.05, 3.63) is 80.8 Å². The zero-order valence-corrected chi connectivity index (χ0v) is 16.8. The first kappa shape index (κ1) is 20.8. The summed E-state index contributed by atoms with van der Waals surface area (Å²) in [5.74, 6) is -1.54. The van der Waals surface area contributed by atoms with Gasteiger partial charge in [-0.25, -0.2) is 0 Å². The van der Waals surface area contributed by atoms with Gasteiger partial charge >= 0.3 is 0 Å². The summed E-state index contributed by atoms with van der Waals surface area (Å²) in [6.07, 6.45) is 0. The van der Waals surface area contributed by atoms with Crippen molar-refractivity contribution in [3.63, 3.8) is 0 Å². The number of nitrogens with one attached hydrogen (secondary N) is 2. The van der Waals surface area contributed by atoms with Crippen molar-refractivity contribution in [1.29, 1.82) is 0 Å². The first-order chi connectivity index (χ1) is 13.7. The molecule has 0 aromatic heterocycles. The van der Waals surface area contributed by atoms with Crippen LogP contribution in [0.25, 0.3) is 0 Å². The molecule has 9 heteroatoms. The van der Waals surface area contributed by atoms with Crippen molar-refractivity contribution in [1.82, 2.24) is 0 Å². The molecular weight excluding hydrogens is 439 g/mol. The molecule has 0 aliphatic rings. The second-order valence-corrected chi connectivity index (χ2v) is 7.18. The highest BCUT2D eigenvalue weighted by Gasteiger charge is 2.15. The number of anilines is 2. The second kappa shape index (κ2) is 8.61. The molecule has 6 nitrogen and oxygen atoms in total. The monoisotopic (exact) mass is 450 g/mol. The van der Waals surface area contributed by atoms with E-state index in [2.05, 4.69) is 10.6 Å². The van der Waals surface area contributed by atoms with E-state index in [0.717, 1.165) is 0 Å². The van der Waals surface area contributed by atoms with E-state index in [1.807, 2.05) is 0 Å². The van der Waals surface area contributed by atoms with Crippen molar-refractivity contribution in [2.75, 3.05) is 10.6 Å². The minimum absolute atomic E-state index is 0.114. The van der Waals surface area contributed by atoms with E-state index in [1.54, 1.807) is 6.07 Å². The third-order valence-electron chi connectivity index (χ3n) is 3.89. The maximum Gasteiger partial charge on any atom is 0.255 e. The number of hydrogen-bond donors (Lipinski definition) is 4. The molecule has 0 fully saturated rings. The fraction of sp³-hybridized carbons (Fsp3) is 0. The molecule has 2 amide bonds. The lowest BCUT2D eigenvalue weighted by Gasteiger charge is -2.13. The Hall–Kier alpha value is -2.93. The maximum absolute atomic E-state index is 12.5. The molecule has 0 saturated carbocycles. The van der Waals surface area contributed by atoms with Crippen LogP contribution in [0, 0.1) is 0 Å². The van der Waals surface area contributed by atoms with Gasteiger partial charge in [0.2, 0.25) is 0 Å². The molecule has 0 unspecified atom stereocenters. The Labute approximate surface area is 180 Å². The minimum Gasteiger partial charge on any atom is -0.506 e. The number of carbonyl (C=O) groups excluding carboxylic acids is 2. The van der Waals surface area contributed by atoms with E-state index in [9.17, 15) is 19.8 Å². The summed E-state index contributed by atoms with van der Waals surface area (Å²) in [5.41, 5.74) is 0.845. The van der Waals surface area contributed by atoms with Crippen LogP contribution in [0.5, 0.6) is 11.5 Å². The van der Waals surface area contributed by atoms with Crippen LogP contribution in [-0.4, -0.2) is 22.0 Å². The van der Waals surface area contributed by atoms with Gasteiger partial charge in [0.25, 0.3) is 11.8 Å². The highest BCUT2D eigenvalue weighted by molar-refractivity contribution is 6.32. The standard InChI is InChI=1S/C20H13Cl3N2O4/c21-12-3-6-15(24-19(28)10-1-4-13(22)17(26)7-10)16(9-12)25-20(29)11-2-5-14(23)18(27)8-11/h1-9,26-27H,(H,24,28)(H,25,29). The van der Waals surface area contributed by atoms with Crippen molar-refractivity contribution in [3.8, 4) is 11.5 Å². The summed E-state index contributed by atoms with van der Waals surface area (Å²) in [6.45, 7) is 0. The van der Waals surface area contributed by atoms with Crippen LogP contribution < -0.4 is 10.6 Å². The lowest BCUT2D eigenvalue weighted by atomic mass is 10.1. The normalized spacial score (nSPS) is 10.4. The largest absolute Gasteiger partial charge is 0.506 e. The third kappa shape index (κ3) is 4.92. The van der Waals surface area contributed by atoms with Crippen LogP contribution in [0.3, 0.4) is 0 Å². The summed E-state index contributed by atoms with van der Waals surface area (Å²) < 4.78 is 0. The maximum atomic E-state index is 12.5. The average molecular weight is 452 g/mol. The van der Waals surface area contributed by atoms with Gasteiger partial charge < -0.3 is 20.8 Å². The molecule has 3 aromatic rings. The Morgan fingerprint density at radius 1 is 0.655 bits per heavy atom. The van der Waals surface area contributed by atoms with Crippen LogP contribution in [-0.2, 0) is 0 Å². The van der Waals surface area contributed by atoms with Crippen LogP contribution in [0.15, 0.2) is 54.6 Å². The summed E-state index contributed by atoms with van der Waals surface area (Å²) in [7, 11) is 0. The number of phenols is 2. The van der Waals surface area contributed by atoms with E-state index in [0.29, 0.717) is 5.02 Å². The van der Waals surface area contributed by atoms with Crippen molar-refractivity contribution < 1.29 is 19.8 Å². The van der Waals surface area contributed by atoms with E-state index in [-0.39, 0.29) is 44.0 Å². The molecule has 0 spiro atoms. The van der Waals surface area contributed by atoms with Crippen molar-refractivity contribution in [2.24, 2.45) is 0 Å². The Bertz CT molecular complexity index is 1120. The molecular formula is C20H13Cl3N2O4. The lowest BCUT2D eigenvalue weighted by Crippen LogP contribution is -2.16. The molecule has 4 N–H and O–H groups in total. The van der Waals surface area contributed by atoms with Gasteiger partial charge in [0.15, 0.2) is 0 Å². The predicted molar refractivity (Wildman–Crippen MR) is 114 cm³/mol. The number of carbonyl (C=O) groups is 2. The van der Waals surface area contributed by atoms with E-state index < -0.39 is 11.8 Å². The van der Waals surface area contributed by atoms with Gasteiger partial charge in [-0.1, -0.05) is 34.8 Å². The molecule has 0 saturated heterocycles. The lowest BCUT2D eigenvalue weighted by molar-refractivity contribution is 0.101. The summed E-state index contributed by atoms with van der Waals surface area (Å²) in [6, 6.07) is 12.6. The number of amides is 2. The SMILES string of the molecule is O=C(Nc1ccc(Cl)cc1NC(=O)c1ccc(Cl)c(O)c1)c1ccc(Cl)c(O)c1. The Kier molecular flexibility index (Phi) is 6.17. The molecule has 0 aliphatic carbocycles. The highest BCUT2D eigenvalue weighted by Crippen LogP contribution is 2.29. The van der Waals surface area contributed by atoms with Gasteiger partial charge in [-0.15, -0.1) is 0 Å². The number of aromatic hydroxyl groups is 2. The minimum atomic E-state index is -0.543. The fourth-order valence-electron chi connectivity index (χ4n) is 2.43. The van der Waals surface area contributed by atoms with Gasteiger partial charge in [-0.2, -0.15) is 0 Å². The Balaban J connectivity index is 1.85. The average Bonchev–Trinajstić information content (AvgIpc) is 2.68. The van der Waals surface area contributed by atoms with Gasteiger partial charge in [0, 0.05) is 16.1 Å². The van der Waals surface area contributed by atoms with Gasteiger partial charge in [-0.3, -0.25) is 9.59 Å². The van der Waals surface area contributed by atoms with Crippen molar-refractivity contribution in [2.45, 2.75) is 0 Å².